The van der Waals surface area contributed by atoms with Crippen molar-refractivity contribution in [2.24, 2.45) is 5.92 Å². The summed E-state index contributed by atoms with van der Waals surface area (Å²) in [6.45, 7) is -0.967. The van der Waals surface area contributed by atoms with Gasteiger partial charge < -0.3 is 58.7 Å². The zero-order valence-corrected chi connectivity index (χ0v) is 37.9. The summed E-state index contributed by atoms with van der Waals surface area (Å²) in [4.78, 5) is 80.1. The Morgan fingerprint density at radius 3 is 1.94 bits per heavy atom. The summed E-state index contributed by atoms with van der Waals surface area (Å²) in [5, 5.41) is 40.0. The summed E-state index contributed by atoms with van der Waals surface area (Å²) in [6.07, 6.45) is -0.902. The van der Waals surface area contributed by atoms with Crippen LogP contribution in [0.3, 0.4) is 0 Å². The molecule has 67 heavy (non-hydrogen) atoms. The van der Waals surface area contributed by atoms with Gasteiger partial charge in [-0.15, -0.1) is 0 Å². The molecule has 1 atom stereocenters. The van der Waals surface area contributed by atoms with Crippen molar-refractivity contribution >= 4 is 63.6 Å². The second kappa shape index (κ2) is 21.5. The molecule has 0 aromatic heterocycles. The number of carboxylic acids is 4. The highest BCUT2D eigenvalue weighted by Crippen LogP contribution is 2.43. The molecule has 3 aromatic carbocycles. The van der Waals surface area contributed by atoms with E-state index >= 15 is 0 Å². The number of ether oxygens (including phenoxy) is 3. The molecule has 1 unspecified atom stereocenters. The molecule has 19 heteroatoms. The summed E-state index contributed by atoms with van der Waals surface area (Å²) < 4.78 is 27.4. The van der Waals surface area contributed by atoms with E-state index in [-0.39, 0.29) is 39.5 Å². The molecule has 4 N–H and O–H groups in total. The lowest BCUT2D eigenvalue weighted by molar-refractivity contribution is -0.152. The highest BCUT2D eigenvalue weighted by atomic mass is 16.5. The molecule has 0 saturated heterocycles. The van der Waals surface area contributed by atoms with Crippen LogP contribution in [0, 0.1) is 12.8 Å². The number of hydrogen-bond donors (Lipinski definition) is 4. The van der Waals surface area contributed by atoms with Gasteiger partial charge >= 0.3 is 23.9 Å². The molecule has 3 aliphatic rings. The average molecular weight is 925 g/mol. The predicted octanol–water partition coefficient (Wildman–Crippen LogP) is 3.45. The van der Waals surface area contributed by atoms with E-state index in [9.17, 15) is 49.2 Å². The third-order valence-corrected chi connectivity index (χ3v) is 11.1. The van der Waals surface area contributed by atoms with Crippen LogP contribution in [0.4, 0.5) is 17.1 Å². The number of fused-ring (bicyclic) bond motifs is 4. The van der Waals surface area contributed by atoms with Crippen molar-refractivity contribution in [3.8, 4) is 33.9 Å². The predicted molar refractivity (Wildman–Crippen MR) is 247 cm³/mol. The van der Waals surface area contributed by atoms with Gasteiger partial charge in [0, 0.05) is 61.5 Å². The van der Waals surface area contributed by atoms with Gasteiger partial charge in [0.2, 0.25) is 11.3 Å². The minimum atomic E-state index is -1.80. The van der Waals surface area contributed by atoms with Crippen LogP contribution in [-0.2, 0) is 33.5 Å². The summed E-state index contributed by atoms with van der Waals surface area (Å²) in [7, 11) is 7.75. The zero-order valence-electron chi connectivity index (χ0n) is 37.9. The molecule has 354 valence electrons. The van der Waals surface area contributed by atoms with Crippen LogP contribution in [-0.4, -0.2) is 155 Å². The Balaban J connectivity index is 1.46. The maximum Gasteiger partial charge on any atom is 0.323 e. The van der Waals surface area contributed by atoms with Gasteiger partial charge in [-0.25, -0.2) is 4.58 Å². The highest BCUT2D eigenvalue weighted by molar-refractivity contribution is 6.04. The topological polar surface area (TPSA) is 240 Å². The van der Waals surface area contributed by atoms with Crippen molar-refractivity contribution in [3.05, 3.63) is 83.7 Å². The van der Waals surface area contributed by atoms with E-state index in [1.807, 2.05) is 93.1 Å². The number of carbonyl (C=O) groups is 6. The lowest BCUT2D eigenvalue weighted by atomic mass is 9.93. The second-order valence-corrected chi connectivity index (χ2v) is 16.4. The summed E-state index contributed by atoms with van der Waals surface area (Å²) >= 11 is 0. The molecule has 0 fully saturated rings. The van der Waals surface area contributed by atoms with Crippen molar-refractivity contribution in [2.75, 3.05) is 109 Å². The molecular formula is C48H54N5O14+. The Morgan fingerprint density at radius 1 is 0.716 bits per heavy atom. The van der Waals surface area contributed by atoms with Gasteiger partial charge in [-0.2, -0.15) is 0 Å². The van der Waals surface area contributed by atoms with Crippen molar-refractivity contribution in [1.82, 2.24) is 9.48 Å². The first-order valence-corrected chi connectivity index (χ1v) is 21.4. The molecule has 0 radical (unpaired) electrons. The molecule has 3 aromatic rings. The van der Waals surface area contributed by atoms with Crippen molar-refractivity contribution in [1.29, 1.82) is 0 Å². The second-order valence-electron chi connectivity index (χ2n) is 16.4. The first kappa shape index (κ1) is 48.8. The van der Waals surface area contributed by atoms with Crippen LogP contribution in [0.5, 0.6) is 11.5 Å². The fourth-order valence-electron chi connectivity index (χ4n) is 7.74. The van der Waals surface area contributed by atoms with E-state index in [4.69, 9.17) is 18.6 Å². The molecule has 0 saturated carbocycles. The molecular weight excluding hydrogens is 871 g/mol. The van der Waals surface area contributed by atoms with Crippen LogP contribution in [0.1, 0.15) is 12.0 Å². The number of amides is 1. The number of Topliss-reactive ketones (excluding diaryl/α,β-unsaturated/α-hetero) is 1. The number of anilines is 3. The number of benzene rings is 4. The highest BCUT2D eigenvalue weighted by Gasteiger charge is 2.31. The standard InChI is InChI=1S/C48H53N5O14/c1-29-6-12-36-41(20-29)65-18-19-66-42-21-30(47-33-10-8-31(49(2)3)22-39(33)67-40-23-32(50(4)5)9-11-34(40)47)7-13-37(42)52(26-43(55)53(27-45(58)59)28-46(60)61)15-17-64-16-14-51(36)25-38(54)35(48(62)63)24-44(56)57/h6-13,20-23,35H,14-19,24-28H2,1-5H3,(H3-,56,57,58,59,60,61,62,63)/p+1. The Kier molecular flexibility index (Phi) is 15.7. The average Bonchev–Trinajstić information content (AvgIpc) is 3.26. The van der Waals surface area contributed by atoms with Gasteiger partial charge in [-0.1, -0.05) is 12.1 Å². The zero-order chi connectivity index (χ0) is 48.5. The summed E-state index contributed by atoms with van der Waals surface area (Å²) in [5.41, 5.74) is 5.55. The smallest absolute Gasteiger partial charge is 0.323 e. The molecule has 2 aliphatic heterocycles. The van der Waals surface area contributed by atoms with Crippen LogP contribution in [0.15, 0.2) is 77.2 Å². The maximum atomic E-state index is 13.8. The first-order valence-electron chi connectivity index (χ1n) is 21.4. The number of aliphatic carboxylic acids is 4. The number of aryl methyl sites for hydroxylation is 1. The lowest BCUT2D eigenvalue weighted by Gasteiger charge is -2.29. The number of nitrogens with zero attached hydrogens (tertiary/aromatic N) is 5. The first-order chi connectivity index (χ1) is 31.9. The quantitative estimate of drug-likeness (QED) is 0.0709. The van der Waals surface area contributed by atoms with Crippen LogP contribution < -0.4 is 34.1 Å². The summed E-state index contributed by atoms with van der Waals surface area (Å²) in [6, 6.07) is 22.6. The van der Waals surface area contributed by atoms with Gasteiger partial charge in [-0.05, 0) is 60.5 Å². The maximum absolute atomic E-state index is 13.8. The van der Waals surface area contributed by atoms with E-state index in [0.717, 1.165) is 43.6 Å². The fraction of sp³-hybridized carbons (Fsp3) is 0.354. The van der Waals surface area contributed by atoms with Gasteiger partial charge in [0.05, 0.1) is 50.2 Å². The van der Waals surface area contributed by atoms with Crippen LogP contribution >= 0.6 is 0 Å². The van der Waals surface area contributed by atoms with Gasteiger partial charge in [0.1, 0.15) is 69.2 Å². The van der Waals surface area contributed by atoms with Gasteiger partial charge in [0.25, 0.3) is 0 Å². The normalized spacial score (nSPS) is 13.7. The van der Waals surface area contributed by atoms with Crippen LogP contribution in [0.25, 0.3) is 33.4 Å². The molecule has 1 aliphatic carbocycles. The van der Waals surface area contributed by atoms with Crippen LogP contribution in [0.2, 0.25) is 0 Å². The van der Waals surface area contributed by atoms with E-state index < -0.39 is 74.1 Å². The van der Waals surface area contributed by atoms with Crippen molar-refractivity contribution in [2.45, 2.75) is 13.3 Å². The van der Waals surface area contributed by atoms with E-state index in [2.05, 4.69) is 0 Å². The minimum absolute atomic E-state index is 0.0110. The number of carboxylic acid groups (broad SMARTS) is 4. The van der Waals surface area contributed by atoms with E-state index in [1.165, 1.54) is 0 Å². The monoisotopic (exact) mass is 924 g/mol. The van der Waals surface area contributed by atoms with E-state index in [0.29, 0.717) is 34.2 Å². The Bertz CT molecular complexity index is 2710. The molecule has 19 nitrogen and oxygen atoms in total. The minimum Gasteiger partial charge on any atom is -0.488 e. The molecule has 0 spiro atoms. The summed E-state index contributed by atoms with van der Waals surface area (Å²) in [5.74, 6) is -7.96. The fourth-order valence-corrected chi connectivity index (χ4v) is 7.74. The van der Waals surface area contributed by atoms with E-state index in [1.54, 1.807) is 34.1 Å². The third-order valence-electron chi connectivity index (χ3n) is 11.1. The molecule has 1 amide bonds. The van der Waals surface area contributed by atoms with Crippen molar-refractivity contribution < 1.29 is 67.8 Å². The number of hydrogen-bond acceptors (Lipinski definition) is 13. The molecule has 6 rings (SSSR count). The third kappa shape index (κ3) is 12.2. The van der Waals surface area contributed by atoms with Crippen molar-refractivity contribution in [3.63, 3.8) is 0 Å². The number of ketones is 1. The Hall–Kier alpha value is -7.67. The SMILES string of the molecule is Cc1ccc2c(c1)OCCOc1cc(-c3c4ccc(=[N+](C)C)cc-4oc4cc(N(C)C)ccc34)ccc1N(CC(=O)N(CC(=O)O)CC(=O)O)CCOCCN2CC(=O)C(CC(=O)O)C(=O)O. The Labute approximate surface area is 385 Å². The number of carbonyl (C=O) groups excluding carboxylic acids is 2. The van der Waals surface area contributed by atoms with Gasteiger partial charge in [0.15, 0.2) is 5.78 Å². The Morgan fingerprint density at radius 2 is 1.34 bits per heavy atom. The largest absolute Gasteiger partial charge is 0.488 e. The van der Waals surface area contributed by atoms with Gasteiger partial charge in [-0.3, -0.25) is 28.8 Å². The molecule has 2 heterocycles. The number of rotatable bonds is 14. The molecule has 0 bridgehead atoms. The lowest BCUT2D eigenvalue weighted by Crippen LogP contribution is -2.46.